The Morgan fingerprint density at radius 2 is 0.512 bits per heavy atom. The van der Waals surface area contributed by atoms with Gasteiger partial charge in [-0.15, -0.1) is 0 Å². The second-order valence-corrected chi connectivity index (χ2v) is 23.1. The Kier molecular flexibility index (Phi) is 65.2. The molecule has 80 heavy (non-hydrogen) atoms. The number of rotatable bonds is 63. The third-order valence-corrected chi connectivity index (χ3v) is 15.1. The summed E-state index contributed by atoms with van der Waals surface area (Å²) in [6.07, 6.45) is 90.7. The van der Waals surface area contributed by atoms with Crippen LogP contribution < -0.4 is 0 Å². The Hall–Kier alpha value is -3.41. The van der Waals surface area contributed by atoms with E-state index in [0.29, 0.717) is 19.3 Å². The molecule has 0 aromatic heterocycles. The number of esters is 3. The van der Waals surface area contributed by atoms with Crippen molar-refractivity contribution in [1.29, 1.82) is 0 Å². The summed E-state index contributed by atoms with van der Waals surface area (Å²) in [5.41, 5.74) is 0. The van der Waals surface area contributed by atoms with E-state index in [2.05, 4.69) is 99.8 Å². The number of allylic oxidation sites excluding steroid dienone is 14. The average molecular weight is 1120 g/mol. The summed E-state index contributed by atoms with van der Waals surface area (Å²) in [7, 11) is 0. The molecule has 0 aliphatic carbocycles. The molecule has 0 bridgehead atoms. The first-order valence-electron chi connectivity index (χ1n) is 34.6. The molecule has 0 rings (SSSR count). The first-order valence-corrected chi connectivity index (χ1v) is 34.6. The maximum Gasteiger partial charge on any atom is 0.306 e. The van der Waals surface area contributed by atoms with Gasteiger partial charge in [0, 0.05) is 19.3 Å². The fraction of sp³-hybridized carbons (Fsp3) is 0.770. The molecule has 0 saturated carbocycles. The molecule has 0 radical (unpaired) electrons. The quantitative estimate of drug-likeness (QED) is 0.0261. The molecule has 0 aliphatic heterocycles. The Labute approximate surface area is 496 Å². The molecule has 0 aromatic rings. The summed E-state index contributed by atoms with van der Waals surface area (Å²) in [6, 6.07) is 0. The van der Waals surface area contributed by atoms with Crippen molar-refractivity contribution in [3.05, 3.63) is 85.1 Å². The van der Waals surface area contributed by atoms with Crippen LogP contribution in [0.1, 0.15) is 348 Å². The molecule has 1 unspecified atom stereocenters. The van der Waals surface area contributed by atoms with Crippen molar-refractivity contribution in [2.45, 2.75) is 354 Å². The lowest BCUT2D eigenvalue weighted by Gasteiger charge is -2.18. The highest BCUT2D eigenvalue weighted by Crippen LogP contribution is 2.18. The van der Waals surface area contributed by atoms with Gasteiger partial charge in [0.25, 0.3) is 0 Å². The Morgan fingerprint density at radius 3 is 0.838 bits per heavy atom. The van der Waals surface area contributed by atoms with Crippen LogP contribution in [-0.4, -0.2) is 37.2 Å². The number of carbonyl (C=O) groups is 3. The zero-order valence-corrected chi connectivity index (χ0v) is 53.1. The number of unbranched alkanes of at least 4 members (excludes halogenated alkanes) is 38. The van der Waals surface area contributed by atoms with Crippen LogP contribution in [0.15, 0.2) is 85.1 Å². The first kappa shape index (κ1) is 76.6. The van der Waals surface area contributed by atoms with Crippen LogP contribution >= 0.6 is 0 Å². The van der Waals surface area contributed by atoms with Crippen molar-refractivity contribution < 1.29 is 28.6 Å². The van der Waals surface area contributed by atoms with Gasteiger partial charge in [0.15, 0.2) is 6.10 Å². The zero-order chi connectivity index (χ0) is 57.8. The number of hydrogen-bond acceptors (Lipinski definition) is 6. The summed E-state index contributed by atoms with van der Waals surface area (Å²) >= 11 is 0. The van der Waals surface area contributed by atoms with Crippen molar-refractivity contribution in [1.82, 2.24) is 0 Å². The lowest BCUT2D eigenvalue weighted by atomic mass is 10.0. The molecular formula is C74H130O6. The van der Waals surface area contributed by atoms with Crippen molar-refractivity contribution in [2.24, 2.45) is 0 Å². The lowest BCUT2D eigenvalue weighted by Crippen LogP contribution is -2.30. The molecule has 1 atom stereocenters. The SMILES string of the molecule is CC/C=C\C/C=C\C/C=C\C/C=C\CCC(=O)OCC(COC(=O)CCCCCCCCCCCCCCCCCCCC/C=C\C/C=C\C/C=C\CCCCCCC)OC(=O)CCCCCCCCCCCCCCCCCC. The fourth-order valence-electron chi connectivity index (χ4n) is 10.00. The minimum Gasteiger partial charge on any atom is -0.462 e. The highest BCUT2D eigenvalue weighted by Gasteiger charge is 2.19. The highest BCUT2D eigenvalue weighted by molar-refractivity contribution is 5.71. The molecule has 0 heterocycles. The molecule has 0 saturated heterocycles. The van der Waals surface area contributed by atoms with Gasteiger partial charge in [-0.2, -0.15) is 0 Å². The van der Waals surface area contributed by atoms with Gasteiger partial charge < -0.3 is 14.2 Å². The van der Waals surface area contributed by atoms with Crippen LogP contribution in [0.5, 0.6) is 0 Å². The van der Waals surface area contributed by atoms with Crippen LogP contribution in [0.2, 0.25) is 0 Å². The molecule has 0 fully saturated rings. The summed E-state index contributed by atoms with van der Waals surface area (Å²) in [4.78, 5) is 38.3. The van der Waals surface area contributed by atoms with Gasteiger partial charge in [-0.05, 0) is 83.5 Å². The van der Waals surface area contributed by atoms with Crippen molar-refractivity contribution in [3.8, 4) is 0 Å². The van der Waals surface area contributed by atoms with Gasteiger partial charge in [0.1, 0.15) is 13.2 Å². The smallest absolute Gasteiger partial charge is 0.306 e. The van der Waals surface area contributed by atoms with Crippen molar-refractivity contribution >= 4 is 17.9 Å². The van der Waals surface area contributed by atoms with Gasteiger partial charge in [-0.25, -0.2) is 0 Å². The van der Waals surface area contributed by atoms with E-state index in [1.54, 1.807) is 0 Å². The maximum atomic E-state index is 12.9. The van der Waals surface area contributed by atoms with E-state index in [1.165, 1.54) is 225 Å². The average Bonchev–Trinajstić information content (AvgIpc) is 3.46. The fourth-order valence-corrected chi connectivity index (χ4v) is 10.00. The van der Waals surface area contributed by atoms with E-state index in [9.17, 15) is 14.4 Å². The molecule has 0 spiro atoms. The minimum absolute atomic E-state index is 0.0940. The molecule has 6 nitrogen and oxygen atoms in total. The van der Waals surface area contributed by atoms with Gasteiger partial charge in [0.05, 0.1) is 0 Å². The number of ether oxygens (including phenoxy) is 3. The highest BCUT2D eigenvalue weighted by atomic mass is 16.6. The molecule has 6 heteroatoms. The maximum absolute atomic E-state index is 12.9. The Bertz CT molecular complexity index is 1520. The summed E-state index contributed by atoms with van der Waals surface area (Å²) in [5.74, 6) is -0.962. The van der Waals surface area contributed by atoms with Crippen LogP contribution in [0.25, 0.3) is 0 Å². The predicted octanol–water partition coefficient (Wildman–Crippen LogP) is 23.8. The molecule has 0 N–H and O–H groups in total. The third kappa shape index (κ3) is 65.4. The summed E-state index contributed by atoms with van der Waals surface area (Å²) in [5, 5.41) is 0. The van der Waals surface area contributed by atoms with Crippen LogP contribution in [-0.2, 0) is 28.6 Å². The van der Waals surface area contributed by atoms with Crippen LogP contribution in [0.3, 0.4) is 0 Å². The third-order valence-electron chi connectivity index (χ3n) is 15.1. The zero-order valence-electron chi connectivity index (χ0n) is 53.1. The standard InChI is InChI=1S/C74H130O6/c1-4-7-10-13-16-19-22-25-27-29-30-31-32-33-34-35-36-37-38-39-40-41-42-43-44-45-47-49-52-55-58-61-64-67-73(76)79-70-71(69-78-72(75)66-63-60-57-54-51-48-24-21-18-15-12-9-6-3)80-74(77)68-65-62-59-56-53-50-46-28-26-23-20-17-14-11-8-5-2/h9,12,18,21-22,25,29-30,32-33,48,51,57,60,71H,4-8,10-11,13-17,19-20,23-24,26-28,31,34-47,49-50,52-56,58-59,61-70H2,1-3H3/b12-9-,21-18-,25-22-,30-29-,33-32-,51-48-,60-57-. The minimum atomic E-state index is -0.803. The first-order chi connectivity index (χ1) is 39.5. The summed E-state index contributed by atoms with van der Waals surface area (Å²) in [6.45, 7) is 6.49. The van der Waals surface area contributed by atoms with E-state index in [1.807, 2.05) is 6.08 Å². The second-order valence-electron chi connectivity index (χ2n) is 23.1. The second kappa shape index (κ2) is 68.1. The molecule has 462 valence electrons. The Balaban J connectivity index is 4.17. The van der Waals surface area contributed by atoms with E-state index in [4.69, 9.17) is 14.2 Å². The van der Waals surface area contributed by atoms with Gasteiger partial charge in [0.2, 0.25) is 0 Å². The molecule has 0 aromatic carbocycles. The normalized spacial score (nSPS) is 12.6. The monoisotopic (exact) mass is 1110 g/mol. The van der Waals surface area contributed by atoms with Crippen molar-refractivity contribution in [3.63, 3.8) is 0 Å². The lowest BCUT2D eigenvalue weighted by molar-refractivity contribution is -0.166. The topological polar surface area (TPSA) is 78.9 Å². The predicted molar refractivity (Wildman–Crippen MR) is 348 cm³/mol. The molecule has 0 amide bonds. The number of carbonyl (C=O) groups excluding carboxylic acids is 3. The number of hydrogen-bond donors (Lipinski definition) is 0. The van der Waals surface area contributed by atoms with Crippen LogP contribution in [0.4, 0.5) is 0 Å². The summed E-state index contributed by atoms with van der Waals surface area (Å²) < 4.78 is 16.9. The van der Waals surface area contributed by atoms with E-state index in [-0.39, 0.29) is 37.5 Å². The van der Waals surface area contributed by atoms with Crippen molar-refractivity contribution in [2.75, 3.05) is 13.2 Å². The molecular weight excluding hydrogens is 985 g/mol. The van der Waals surface area contributed by atoms with E-state index >= 15 is 0 Å². The van der Waals surface area contributed by atoms with Gasteiger partial charge >= 0.3 is 17.9 Å². The van der Waals surface area contributed by atoms with E-state index < -0.39 is 6.10 Å². The largest absolute Gasteiger partial charge is 0.462 e. The van der Waals surface area contributed by atoms with E-state index in [0.717, 1.165) is 77.0 Å². The van der Waals surface area contributed by atoms with Crippen LogP contribution in [0, 0.1) is 0 Å². The molecule has 0 aliphatic rings. The Morgan fingerprint density at radius 1 is 0.263 bits per heavy atom. The van der Waals surface area contributed by atoms with Gasteiger partial charge in [-0.3, -0.25) is 14.4 Å². The van der Waals surface area contributed by atoms with Gasteiger partial charge in [-0.1, -0.05) is 331 Å².